The van der Waals surface area contributed by atoms with Crippen LogP contribution in [0.5, 0.6) is 0 Å². The van der Waals surface area contributed by atoms with Crippen molar-refractivity contribution in [3.63, 3.8) is 0 Å². The van der Waals surface area contributed by atoms with Crippen LogP contribution in [0, 0.1) is 11.8 Å². The lowest BCUT2D eigenvalue weighted by Crippen LogP contribution is -2.37. The molecule has 0 saturated carbocycles. The highest BCUT2D eigenvalue weighted by Crippen LogP contribution is 2.35. The van der Waals surface area contributed by atoms with Gasteiger partial charge in [0.15, 0.2) is 0 Å². The molecule has 0 atom stereocenters. The molecule has 21 heavy (non-hydrogen) atoms. The van der Waals surface area contributed by atoms with Crippen LogP contribution in [0.15, 0.2) is 30.3 Å². The van der Waals surface area contributed by atoms with Gasteiger partial charge in [-0.1, -0.05) is 30.3 Å². The van der Waals surface area contributed by atoms with Crippen LogP contribution < -0.4 is 0 Å². The maximum atomic E-state index is 11.9. The quantitative estimate of drug-likeness (QED) is 0.722. The summed E-state index contributed by atoms with van der Waals surface area (Å²) in [7, 11) is 0. The monoisotopic (exact) mass is 288 g/mol. The number of hydrogen-bond acceptors (Lipinski definition) is 4. The Morgan fingerprint density at radius 2 is 1.00 bits per heavy atom. The van der Waals surface area contributed by atoms with Gasteiger partial charge in [0, 0.05) is 5.92 Å². The van der Waals surface area contributed by atoms with E-state index in [0.29, 0.717) is 5.56 Å². The standard InChI is InChI=1S/C17H20O4/c1-10(18)15(11(2)19)17(14-8-6-5-7-9-14)16(12(3)20)13(4)21/h5-9,15-17H,1-4H3. The highest BCUT2D eigenvalue weighted by molar-refractivity contribution is 6.06. The summed E-state index contributed by atoms with van der Waals surface area (Å²) >= 11 is 0. The minimum absolute atomic E-state index is 0.330. The molecule has 1 aromatic rings. The van der Waals surface area contributed by atoms with Gasteiger partial charge in [-0.2, -0.15) is 0 Å². The van der Waals surface area contributed by atoms with Gasteiger partial charge in [-0.25, -0.2) is 0 Å². The van der Waals surface area contributed by atoms with Crippen LogP contribution in [-0.4, -0.2) is 23.1 Å². The van der Waals surface area contributed by atoms with Gasteiger partial charge in [-0.3, -0.25) is 19.2 Å². The summed E-state index contributed by atoms with van der Waals surface area (Å²) in [5.41, 5.74) is 0.656. The first kappa shape index (κ1) is 17.0. The number of ketones is 4. The zero-order chi connectivity index (χ0) is 16.2. The van der Waals surface area contributed by atoms with E-state index in [1.807, 2.05) is 0 Å². The first-order valence-corrected chi connectivity index (χ1v) is 6.84. The highest BCUT2D eigenvalue weighted by atomic mass is 16.2. The normalized spacial score (nSPS) is 11.0. The van der Waals surface area contributed by atoms with Gasteiger partial charge in [-0.15, -0.1) is 0 Å². The van der Waals surface area contributed by atoms with Crippen molar-refractivity contribution in [2.45, 2.75) is 33.6 Å². The molecule has 0 aromatic heterocycles. The van der Waals surface area contributed by atoms with Crippen LogP contribution in [-0.2, 0) is 19.2 Å². The fourth-order valence-corrected chi connectivity index (χ4v) is 2.84. The zero-order valence-electron chi connectivity index (χ0n) is 12.8. The molecule has 0 saturated heterocycles. The van der Waals surface area contributed by atoms with Crippen LogP contribution in [0.25, 0.3) is 0 Å². The Kier molecular flexibility index (Phi) is 5.70. The summed E-state index contributed by atoms with van der Waals surface area (Å²) in [4.78, 5) is 47.6. The topological polar surface area (TPSA) is 68.3 Å². The van der Waals surface area contributed by atoms with E-state index in [-0.39, 0.29) is 23.1 Å². The SMILES string of the molecule is CC(=O)C(C(C)=O)C(c1ccccc1)C(C(C)=O)C(C)=O. The third-order valence-electron chi connectivity index (χ3n) is 3.65. The van der Waals surface area contributed by atoms with E-state index in [9.17, 15) is 19.2 Å². The third-order valence-corrected chi connectivity index (χ3v) is 3.65. The Hall–Kier alpha value is -2.10. The smallest absolute Gasteiger partial charge is 0.140 e. The molecule has 1 rings (SSSR count). The van der Waals surface area contributed by atoms with Crippen molar-refractivity contribution < 1.29 is 19.2 Å². The molecule has 0 amide bonds. The van der Waals surface area contributed by atoms with Crippen molar-refractivity contribution in [2.24, 2.45) is 11.8 Å². The van der Waals surface area contributed by atoms with Crippen molar-refractivity contribution in [1.82, 2.24) is 0 Å². The largest absolute Gasteiger partial charge is 0.299 e. The Balaban J connectivity index is 3.48. The van der Waals surface area contributed by atoms with E-state index in [1.165, 1.54) is 27.7 Å². The van der Waals surface area contributed by atoms with Crippen molar-refractivity contribution in [1.29, 1.82) is 0 Å². The molecule has 0 radical (unpaired) electrons. The lowest BCUT2D eigenvalue weighted by molar-refractivity contribution is -0.135. The lowest BCUT2D eigenvalue weighted by atomic mass is 9.71. The number of carbonyl (C=O) groups is 4. The van der Waals surface area contributed by atoms with E-state index in [0.717, 1.165) is 0 Å². The van der Waals surface area contributed by atoms with Crippen molar-refractivity contribution in [3.05, 3.63) is 35.9 Å². The zero-order valence-corrected chi connectivity index (χ0v) is 12.8. The van der Waals surface area contributed by atoms with Gasteiger partial charge in [0.1, 0.15) is 23.1 Å². The maximum absolute atomic E-state index is 11.9. The van der Waals surface area contributed by atoms with Crippen LogP contribution in [0.1, 0.15) is 39.2 Å². The Morgan fingerprint density at radius 3 is 1.29 bits per heavy atom. The van der Waals surface area contributed by atoms with Crippen LogP contribution in [0.3, 0.4) is 0 Å². The summed E-state index contributed by atoms with van der Waals surface area (Å²) in [6, 6.07) is 8.80. The summed E-state index contributed by atoms with van der Waals surface area (Å²) in [6.45, 7) is 5.28. The maximum Gasteiger partial charge on any atom is 0.140 e. The fourth-order valence-electron chi connectivity index (χ4n) is 2.84. The average molecular weight is 288 g/mol. The summed E-state index contributed by atoms with van der Waals surface area (Å²) in [5.74, 6) is -4.02. The van der Waals surface area contributed by atoms with Crippen molar-refractivity contribution in [3.8, 4) is 0 Å². The molecule has 0 aliphatic rings. The number of benzene rings is 1. The van der Waals surface area contributed by atoms with E-state index in [1.54, 1.807) is 30.3 Å². The molecule has 1 aromatic carbocycles. The van der Waals surface area contributed by atoms with E-state index < -0.39 is 17.8 Å². The third kappa shape index (κ3) is 3.94. The molecular formula is C17H20O4. The van der Waals surface area contributed by atoms with Gasteiger partial charge in [0.25, 0.3) is 0 Å². The lowest BCUT2D eigenvalue weighted by Gasteiger charge is -2.28. The summed E-state index contributed by atoms with van der Waals surface area (Å²) in [5, 5.41) is 0. The van der Waals surface area contributed by atoms with E-state index in [2.05, 4.69) is 0 Å². The second-order valence-corrected chi connectivity index (χ2v) is 5.33. The predicted molar refractivity (Wildman–Crippen MR) is 78.9 cm³/mol. The number of hydrogen-bond donors (Lipinski definition) is 0. The second-order valence-electron chi connectivity index (χ2n) is 5.33. The van der Waals surface area contributed by atoms with Gasteiger partial charge in [0.05, 0.1) is 11.8 Å². The molecule has 0 heterocycles. The minimum atomic E-state index is -0.981. The minimum Gasteiger partial charge on any atom is -0.299 e. The molecule has 0 bridgehead atoms. The molecule has 0 spiro atoms. The summed E-state index contributed by atoms with van der Waals surface area (Å²) < 4.78 is 0. The van der Waals surface area contributed by atoms with Gasteiger partial charge in [0.2, 0.25) is 0 Å². The van der Waals surface area contributed by atoms with Crippen molar-refractivity contribution in [2.75, 3.05) is 0 Å². The molecule has 4 nitrogen and oxygen atoms in total. The first-order valence-electron chi connectivity index (χ1n) is 6.84. The number of Topliss-reactive ketones (excluding diaryl/α,β-unsaturated/α-hetero) is 4. The van der Waals surface area contributed by atoms with Gasteiger partial charge < -0.3 is 0 Å². The van der Waals surface area contributed by atoms with E-state index in [4.69, 9.17) is 0 Å². The van der Waals surface area contributed by atoms with Crippen LogP contribution in [0.4, 0.5) is 0 Å². The Morgan fingerprint density at radius 1 is 0.667 bits per heavy atom. The first-order chi connectivity index (χ1) is 9.77. The molecule has 4 heteroatoms. The molecule has 112 valence electrons. The molecule has 0 unspecified atom stereocenters. The van der Waals surface area contributed by atoms with Crippen molar-refractivity contribution >= 4 is 23.1 Å². The highest BCUT2D eigenvalue weighted by Gasteiger charge is 2.40. The average Bonchev–Trinajstić information content (AvgIpc) is 2.37. The van der Waals surface area contributed by atoms with Gasteiger partial charge in [-0.05, 0) is 33.3 Å². The fraction of sp³-hybridized carbons (Fsp3) is 0.412. The predicted octanol–water partition coefficient (Wildman–Crippen LogP) is 2.36. The Labute approximate surface area is 124 Å². The Bertz CT molecular complexity index is 499. The van der Waals surface area contributed by atoms with E-state index >= 15 is 0 Å². The van der Waals surface area contributed by atoms with Crippen LogP contribution in [0.2, 0.25) is 0 Å². The molecular weight excluding hydrogens is 268 g/mol. The molecule has 0 aliphatic carbocycles. The van der Waals surface area contributed by atoms with Crippen LogP contribution >= 0.6 is 0 Å². The summed E-state index contributed by atoms with van der Waals surface area (Å²) in [6.07, 6.45) is 0. The second kappa shape index (κ2) is 7.07. The molecule has 0 aliphatic heterocycles. The number of rotatable bonds is 7. The molecule has 0 fully saturated rings. The molecule has 0 N–H and O–H groups in total. The number of carbonyl (C=O) groups excluding carboxylic acids is 4. The van der Waals surface area contributed by atoms with Gasteiger partial charge >= 0.3 is 0 Å².